The van der Waals surface area contributed by atoms with Gasteiger partial charge in [0, 0.05) is 6.32 Å². The first kappa shape index (κ1) is 19.4. The van der Waals surface area contributed by atoms with Crippen molar-refractivity contribution in [1.29, 1.82) is 0 Å². The zero-order valence-corrected chi connectivity index (χ0v) is 16.8. The second kappa shape index (κ2) is 6.10. The van der Waals surface area contributed by atoms with Crippen LogP contribution in [-0.4, -0.2) is 42.9 Å². The van der Waals surface area contributed by atoms with Gasteiger partial charge < -0.3 is 18.6 Å². The molecule has 2 rings (SSSR count). The summed E-state index contributed by atoms with van der Waals surface area (Å²) in [7, 11) is -0.635. The van der Waals surface area contributed by atoms with Crippen molar-refractivity contribution < 1.29 is 18.6 Å². The van der Waals surface area contributed by atoms with Crippen LogP contribution in [-0.2, 0) is 18.6 Å². The summed E-state index contributed by atoms with van der Waals surface area (Å²) in [5, 5.41) is 2.09. The Morgan fingerprint density at radius 2 is 1.17 bits per heavy atom. The van der Waals surface area contributed by atoms with Gasteiger partial charge in [0.25, 0.3) is 0 Å². The number of hydrogen-bond donors (Lipinski definition) is 0. The third kappa shape index (κ3) is 3.69. The summed E-state index contributed by atoms with van der Waals surface area (Å²) < 4.78 is 24.6. The highest BCUT2D eigenvalue weighted by atomic mass is 32.2. The Morgan fingerprint density at radius 3 is 1.57 bits per heavy atom. The molecule has 0 spiro atoms. The molecular formula is C16H30B2O4S. The maximum Gasteiger partial charge on any atom is 0.490 e. The van der Waals surface area contributed by atoms with Crippen molar-refractivity contribution in [1.82, 2.24) is 0 Å². The Labute approximate surface area is 146 Å². The van der Waals surface area contributed by atoms with E-state index in [2.05, 4.69) is 60.8 Å². The van der Waals surface area contributed by atoms with E-state index in [0.29, 0.717) is 6.32 Å². The van der Waals surface area contributed by atoms with Crippen LogP contribution in [0.3, 0.4) is 0 Å². The van der Waals surface area contributed by atoms with E-state index in [0.717, 1.165) is 5.47 Å². The van der Waals surface area contributed by atoms with Crippen molar-refractivity contribution in [2.45, 2.75) is 84.1 Å². The van der Waals surface area contributed by atoms with Crippen molar-refractivity contribution in [2.24, 2.45) is 0 Å². The monoisotopic (exact) mass is 340 g/mol. The minimum atomic E-state index is -0.355. The quantitative estimate of drug-likeness (QED) is 0.724. The number of hydrogen-bond acceptors (Lipinski definition) is 5. The summed E-state index contributed by atoms with van der Waals surface area (Å²) in [6.45, 7) is 16.5. The molecule has 0 saturated carbocycles. The predicted octanol–water partition coefficient (Wildman–Crippen LogP) is 3.96. The van der Waals surface area contributed by atoms with Crippen LogP contribution in [0.25, 0.3) is 0 Å². The summed E-state index contributed by atoms with van der Waals surface area (Å²) in [4.78, 5) is 0. The molecule has 0 atom stereocenters. The number of allylic oxidation sites excluding steroid dienone is 1. The third-order valence-corrected chi connectivity index (χ3v) is 6.07. The molecule has 0 amide bonds. The SMILES string of the molecule is CS/C=C(\CB1OC(C)(C)C(C)(C)O1)B1OC(C)(C)C(C)(C)O1. The first-order valence-corrected chi connectivity index (χ1v) is 9.53. The number of rotatable bonds is 4. The molecule has 0 bridgehead atoms. The van der Waals surface area contributed by atoms with Gasteiger partial charge in [-0.25, -0.2) is 0 Å². The van der Waals surface area contributed by atoms with Crippen LogP contribution < -0.4 is 0 Å². The zero-order valence-electron chi connectivity index (χ0n) is 16.0. The van der Waals surface area contributed by atoms with Crippen molar-refractivity contribution in [2.75, 3.05) is 6.26 Å². The van der Waals surface area contributed by atoms with Crippen LogP contribution in [0.5, 0.6) is 0 Å². The van der Waals surface area contributed by atoms with Gasteiger partial charge in [-0.1, -0.05) is 0 Å². The first-order valence-electron chi connectivity index (χ1n) is 8.24. The van der Waals surface area contributed by atoms with Gasteiger partial charge in [-0.15, -0.1) is 11.8 Å². The second-order valence-corrected chi connectivity index (χ2v) is 9.11. The lowest BCUT2D eigenvalue weighted by atomic mass is 9.66. The van der Waals surface area contributed by atoms with E-state index < -0.39 is 0 Å². The zero-order chi connectivity index (χ0) is 17.7. The standard InChI is InChI=1S/C16H30B2O4S/c1-13(2)14(3,4)20-17(19-13)10-12(11-23-9)18-21-15(5,6)16(7,8)22-18/h11H,10H2,1-9H3/b12-11+. The lowest BCUT2D eigenvalue weighted by Gasteiger charge is -2.32. The lowest BCUT2D eigenvalue weighted by molar-refractivity contribution is 0.00578. The van der Waals surface area contributed by atoms with Gasteiger partial charge in [0.2, 0.25) is 0 Å². The fourth-order valence-corrected chi connectivity index (χ4v) is 3.10. The minimum Gasteiger partial charge on any atom is -0.403 e. The predicted molar refractivity (Wildman–Crippen MR) is 98.6 cm³/mol. The van der Waals surface area contributed by atoms with E-state index in [-0.39, 0.29) is 36.6 Å². The van der Waals surface area contributed by atoms with Crippen molar-refractivity contribution in [3.05, 3.63) is 10.9 Å². The normalized spacial score (nSPS) is 28.5. The molecule has 0 unspecified atom stereocenters. The molecule has 2 saturated heterocycles. The molecular weight excluding hydrogens is 310 g/mol. The Kier molecular flexibility index (Phi) is 5.14. The topological polar surface area (TPSA) is 36.9 Å². The van der Waals surface area contributed by atoms with Crippen molar-refractivity contribution in [3.8, 4) is 0 Å². The van der Waals surface area contributed by atoms with Gasteiger partial charge in [0.15, 0.2) is 0 Å². The van der Waals surface area contributed by atoms with Gasteiger partial charge in [0.1, 0.15) is 0 Å². The average Bonchev–Trinajstić information content (AvgIpc) is 2.68. The van der Waals surface area contributed by atoms with Crippen LogP contribution in [0.2, 0.25) is 6.32 Å². The van der Waals surface area contributed by atoms with Crippen molar-refractivity contribution >= 4 is 26.0 Å². The third-order valence-electron chi connectivity index (χ3n) is 5.53. The van der Waals surface area contributed by atoms with E-state index in [1.54, 1.807) is 11.8 Å². The van der Waals surface area contributed by atoms with Crippen LogP contribution in [0, 0.1) is 0 Å². The van der Waals surface area contributed by atoms with Crippen LogP contribution >= 0.6 is 11.8 Å². The van der Waals surface area contributed by atoms with Crippen molar-refractivity contribution in [3.63, 3.8) is 0 Å². The van der Waals surface area contributed by atoms with Crippen LogP contribution in [0.15, 0.2) is 10.9 Å². The molecule has 0 aromatic carbocycles. The molecule has 0 aliphatic carbocycles. The summed E-state index contributed by atoms with van der Waals surface area (Å²) in [5.74, 6) is 0. The summed E-state index contributed by atoms with van der Waals surface area (Å²) in [6.07, 6.45) is 2.68. The van der Waals surface area contributed by atoms with Gasteiger partial charge in [0.05, 0.1) is 22.4 Å². The molecule has 4 nitrogen and oxygen atoms in total. The number of thioether (sulfide) groups is 1. The first-order chi connectivity index (χ1) is 10.3. The Balaban J connectivity index is 2.12. The van der Waals surface area contributed by atoms with E-state index >= 15 is 0 Å². The Bertz CT molecular complexity index is 456. The van der Waals surface area contributed by atoms with E-state index in [4.69, 9.17) is 18.6 Å². The molecule has 130 valence electrons. The fourth-order valence-electron chi connectivity index (χ4n) is 2.59. The molecule has 2 heterocycles. The van der Waals surface area contributed by atoms with Gasteiger partial charge in [-0.05, 0) is 72.5 Å². The molecule has 23 heavy (non-hydrogen) atoms. The molecule has 2 aliphatic rings. The highest BCUT2D eigenvalue weighted by molar-refractivity contribution is 8.01. The fraction of sp³-hybridized carbons (Fsp3) is 0.875. The largest absolute Gasteiger partial charge is 0.490 e. The highest BCUT2D eigenvalue weighted by Crippen LogP contribution is 2.42. The van der Waals surface area contributed by atoms with Gasteiger partial charge in [-0.2, -0.15) is 0 Å². The van der Waals surface area contributed by atoms with Gasteiger partial charge in [-0.3, -0.25) is 0 Å². The lowest BCUT2D eigenvalue weighted by Crippen LogP contribution is -2.41. The summed E-state index contributed by atoms with van der Waals surface area (Å²) >= 11 is 1.65. The van der Waals surface area contributed by atoms with Gasteiger partial charge >= 0.3 is 14.2 Å². The molecule has 0 aromatic heterocycles. The van der Waals surface area contributed by atoms with E-state index in [9.17, 15) is 0 Å². The molecule has 0 N–H and O–H groups in total. The summed E-state index contributed by atoms with van der Waals surface area (Å²) in [5.41, 5.74) is -0.263. The smallest absolute Gasteiger partial charge is 0.403 e. The maximum absolute atomic E-state index is 6.18. The maximum atomic E-state index is 6.18. The molecule has 0 radical (unpaired) electrons. The van der Waals surface area contributed by atoms with E-state index in [1.807, 2.05) is 6.26 Å². The van der Waals surface area contributed by atoms with Crippen LogP contribution in [0.4, 0.5) is 0 Å². The van der Waals surface area contributed by atoms with E-state index in [1.165, 1.54) is 0 Å². The molecule has 0 aromatic rings. The molecule has 7 heteroatoms. The molecule has 2 fully saturated rings. The second-order valence-electron chi connectivity index (χ2n) is 8.41. The highest BCUT2D eigenvalue weighted by Gasteiger charge is 2.55. The Hall–Kier alpha value is 0.0599. The minimum absolute atomic E-state index is 0.280. The Morgan fingerprint density at radius 1 is 0.783 bits per heavy atom. The van der Waals surface area contributed by atoms with Crippen LogP contribution in [0.1, 0.15) is 55.4 Å². The molecule has 2 aliphatic heterocycles. The average molecular weight is 340 g/mol. The summed E-state index contributed by atoms with van der Waals surface area (Å²) in [6, 6.07) is 0.